The average molecular weight is 378 g/mol. The van der Waals surface area contributed by atoms with Gasteiger partial charge in [0.25, 0.3) is 0 Å². The molecule has 0 radical (unpaired) electrons. The van der Waals surface area contributed by atoms with Gasteiger partial charge < -0.3 is 5.32 Å². The smallest absolute Gasteiger partial charge is 0.160 e. The maximum atomic E-state index is 4.45. The van der Waals surface area contributed by atoms with Crippen molar-refractivity contribution in [1.82, 2.24) is 20.2 Å². The van der Waals surface area contributed by atoms with Crippen molar-refractivity contribution in [1.29, 1.82) is 0 Å². The van der Waals surface area contributed by atoms with Crippen molar-refractivity contribution in [3.8, 4) is 0 Å². The molecule has 3 aromatic rings. The monoisotopic (exact) mass is 377 g/mol. The molecule has 22 heavy (non-hydrogen) atoms. The molecule has 0 aliphatic heterocycles. The Morgan fingerprint density at radius 1 is 1.27 bits per heavy atom. The van der Waals surface area contributed by atoms with Crippen LogP contribution in [0.3, 0.4) is 0 Å². The minimum atomic E-state index is 0.0862. The van der Waals surface area contributed by atoms with E-state index in [1.807, 2.05) is 11.3 Å². The van der Waals surface area contributed by atoms with E-state index in [1.165, 1.54) is 34.3 Å². The largest absolute Gasteiger partial charge is 0.364 e. The fourth-order valence-electron chi connectivity index (χ4n) is 3.29. The van der Waals surface area contributed by atoms with E-state index >= 15 is 0 Å². The van der Waals surface area contributed by atoms with Gasteiger partial charge in [0.2, 0.25) is 0 Å². The number of thiophene rings is 1. The van der Waals surface area contributed by atoms with E-state index in [0.717, 1.165) is 23.3 Å². The summed E-state index contributed by atoms with van der Waals surface area (Å²) >= 11 is 5.37. The number of anilines is 1. The first kappa shape index (κ1) is 14.1. The summed E-state index contributed by atoms with van der Waals surface area (Å²) in [4.78, 5) is 10.1. The molecule has 1 aliphatic rings. The van der Waals surface area contributed by atoms with E-state index < -0.39 is 0 Å². The van der Waals surface area contributed by atoms with Crippen LogP contribution in [0.5, 0.6) is 0 Å². The quantitative estimate of drug-likeness (QED) is 0.716. The summed E-state index contributed by atoms with van der Waals surface area (Å²) < 4.78 is 1.19. The Kier molecular flexibility index (Phi) is 3.62. The van der Waals surface area contributed by atoms with Crippen LogP contribution in [0.25, 0.3) is 11.0 Å². The second-order valence-corrected chi connectivity index (χ2v) is 8.40. The second-order valence-electron chi connectivity index (χ2n) is 5.85. The number of nitrogens with zero attached hydrogens (tertiary/aromatic N) is 3. The third-order valence-corrected chi connectivity index (χ3v) is 5.96. The summed E-state index contributed by atoms with van der Waals surface area (Å²) in [7, 11) is 0. The minimum Gasteiger partial charge on any atom is -0.364 e. The van der Waals surface area contributed by atoms with Gasteiger partial charge in [-0.2, -0.15) is 5.10 Å². The lowest BCUT2D eigenvalue weighted by molar-refractivity contribution is 0.480. The van der Waals surface area contributed by atoms with Crippen molar-refractivity contribution >= 4 is 44.1 Å². The lowest BCUT2D eigenvalue weighted by Crippen LogP contribution is -2.37. The predicted octanol–water partition coefficient (Wildman–Crippen LogP) is 4.14. The van der Waals surface area contributed by atoms with Gasteiger partial charge in [0.15, 0.2) is 5.65 Å². The Morgan fingerprint density at radius 3 is 2.91 bits per heavy atom. The highest BCUT2D eigenvalue weighted by molar-refractivity contribution is 9.11. The summed E-state index contributed by atoms with van der Waals surface area (Å²) in [6.45, 7) is 0. The number of aromatic amines is 1. The molecule has 114 valence electrons. The van der Waals surface area contributed by atoms with Crippen molar-refractivity contribution < 1.29 is 0 Å². The summed E-state index contributed by atoms with van der Waals surface area (Å²) in [5.41, 5.74) is 0.868. The molecular formula is C15H16BrN5S. The standard InChI is InChI=1S/C15H16BrN5S/c16-12-4-3-10(22-12)7-15(5-1-2-6-15)20-13-11-8-19-21-14(11)18-9-17-13/h3-4,8-9H,1-2,5-7H2,(H2,17,18,19,20,21). The van der Waals surface area contributed by atoms with Gasteiger partial charge in [0.05, 0.1) is 15.4 Å². The number of aromatic nitrogens is 4. The van der Waals surface area contributed by atoms with E-state index in [4.69, 9.17) is 0 Å². The Hall–Kier alpha value is -1.47. The van der Waals surface area contributed by atoms with E-state index in [9.17, 15) is 0 Å². The molecule has 2 N–H and O–H groups in total. The Morgan fingerprint density at radius 2 is 2.14 bits per heavy atom. The Labute approximate surface area is 140 Å². The first-order valence-corrected chi connectivity index (χ1v) is 9.02. The topological polar surface area (TPSA) is 66.5 Å². The molecule has 7 heteroatoms. The van der Waals surface area contributed by atoms with Crippen LogP contribution in [0.15, 0.2) is 28.4 Å². The Bertz CT molecular complexity index is 790. The molecule has 0 bridgehead atoms. The SMILES string of the molecule is Brc1ccc(CC2(Nc3ncnc4[nH]ncc34)CCCC2)s1. The number of nitrogens with one attached hydrogen (secondary N) is 2. The fraction of sp³-hybridized carbons (Fsp3) is 0.400. The van der Waals surface area contributed by atoms with E-state index in [0.29, 0.717) is 0 Å². The third kappa shape index (κ3) is 2.63. The molecule has 1 fully saturated rings. The third-order valence-electron chi connectivity index (χ3n) is 4.33. The zero-order valence-corrected chi connectivity index (χ0v) is 14.4. The van der Waals surface area contributed by atoms with Crippen LogP contribution in [0.1, 0.15) is 30.6 Å². The molecule has 5 nitrogen and oxygen atoms in total. The van der Waals surface area contributed by atoms with Gasteiger partial charge in [0, 0.05) is 16.8 Å². The highest BCUT2D eigenvalue weighted by Gasteiger charge is 2.35. The number of hydrogen-bond acceptors (Lipinski definition) is 5. The lowest BCUT2D eigenvalue weighted by atomic mass is 9.92. The first-order chi connectivity index (χ1) is 10.7. The minimum absolute atomic E-state index is 0.0862. The zero-order chi connectivity index (χ0) is 15.0. The maximum absolute atomic E-state index is 4.45. The molecule has 1 saturated carbocycles. The summed E-state index contributed by atoms with van der Waals surface area (Å²) in [6, 6.07) is 4.34. The number of halogens is 1. The van der Waals surface area contributed by atoms with Crippen molar-refractivity contribution in [2.24, 2.45) is 0 Å². The van der Waals surface area contributed by atoms with Crippen LogP contribution in [0.2, 0.25) is 0 Å². The Balaban J connectivity index is 1.66. The molecule has 4 rings (SSSR count). The predicted molar refractivity (Wildman–Crippen MR) is 92.2 cm³/mol. The maximum Gasteiger partial charge on any atom is 0.160 e. The second kappa shape index (κ2) is 5.62. The van der Waals surface area contributed by atoms with Crippen molar-refractivity contribution in [2.75, 3.05) is 5.32 Å². The number of rotatable bonds is 4. The van der Waals surface area contributed by atoms with Crippen LogP contribution in [0, 0.1) is 0 Å². The van der Waals surface area contributed by atoms with Gasteiger partial charge in [-0.15, -0.1) is 11.3 Å². The van der Waals surface area contributed by atoms with Gasteiger partial charge in [-0.3, -0.25) is 5.10 Å². The molecular weight excluding hydrogens is 362 g/mol. The molecule has 0 amide bonds. The van der Waals surface area contributed by atoms with Gasteiger partial charge in [-0.05, 0) is 40.9 Å². The molecule has 0 unspecified atom stereocenters. The van der Waals surface area contributed by atoms with Crippen LogP contribution in [0.4, 0.5) is 5.82 Å². The van der Waals surface area contributed by atoms with Gasteiger partial charge >= 0.3 is 0 Å². The average Bonchev–Trinajstić information content (AvgIpc) is 3.21. The normalized spacial score (nSPS) is 17.1. The molecule has 0 atom stereocenters. The van der Waals surface area contributed by atoms with Crippen molar-refractivity contribution in [2.45, 2.75) is 37.6 Å². The zero-order valence-electron chi connectivity index (χ0n) is 12.0. The molecule has 0 aromatic carbocycles. The van der Waals surface area contributed by atoms with Crippen LogP contribution in [-0.2, 0) is 6.42 Å². The molecule has 1 aliphatic carbocycles. The molecule has 3 aromatic heterocycles. The first-order valence-electron chi connectivity index (χ1n) is 7.41. The van der Waals surface area contributed by atoms with Gasteiger partial charge in [0.1, 0.15) is 12.1 Å². The summed E-state index contributed by atoms with van der Waals surface area (Å²) in [5.74, 6) is 0.885. The van der Waals surface area contributed by atoms with Crippen molar-refractivity contribution in [3.05, 3.63) is 33.3 Å². The highest BCUT2D eigenvalue weighted by atomic mass is 79.9. The molecule has 0 spiro atoms. The number of fused-ring (bicyclic) bond motifs is 1. The fourth-order valence-corrected chi connectivity index (χ4v) is 4.92. The van der Waals surface area contributed by atoms with Crippen LogP contribution in [-0.4, -0.2) is 25.7 Å². The lowest BCUT2D eigenvalue weighted by Gasteiger charge is -2.30. The van der Waals surface area contributed by atoms with E-state index in [2.05, 4.69) is 53.5 Å². The molecule has 0 saturated heterocycles. The van der Waals surface area contributed by atoms with Gasteiger partial charge in [-0.1, -0.05) is 12.8 Å². The summed E-state index contributed by atoms with van der Waals surface area (Å²) in [5, 5.41) is 11.7. The number of hydrogen-bond donors (Lipinski definition) is 2. The highest BCUT2D eigenvalue weighted by Crippen LogP contribution is 2.38. The molecule has 3 heterocycles. The van der Waals surface area contributed by atoms with E-state index in [1.54, 1.807) is 12.5 Å². The van der Waals surface area contributed by atoms with Crippen LogP contribution >= 0.6 is 27.3 Å². The van der Waals surface area contributed by atoms with Crippen LogP contribution < -0.4 is 5.32 Å². The van der Waals surface area contributed by atoms with Crippen molar-refractivity contribution in [3.63, 3.8) is 0 Å². The van der Waals surface area contributed by atoms with E-state index in [-0.39, 0.29) is 5.54 Å². The number of H-pyrrole nitrogens is 1. The van der Waals surface area contributed by atoms with Gasteiger partial charge in [-0.25, -0.2) is 9.97 Å². The summed E-state index contributed by atoms with van der Waals surface area (Å²) in [6.07, 6.45) is 9.29.